The molecule has 2 aromatic carbocycles. The van der Waals surface area contributed by atoms with E-state index >= 15 is 0 Å². The number of hydrogen-bond acceptors (Lipinski definition) is 4. The van der Waals surface area contributed by atoms with Gasteiger partial charge in [-0.25, -0.2) is 0 Å². The number of rotatable bonds is 2. The zero-order valence-electron chi connectivity index (χ0n) is 11.1. The van der Waals surface area contributed by atoms with Crippen LogP contribution in [0.5, 0.6) is 11.5 Å². The SMILES string of the molecule is Oc1cccc(C(O)C2COc3ccc(Cl)cc3C2O)c1. The summed E-state index contributed by atoms with van der Waals surface area (Å²) in [5.41, 5.74) is 1.10. The summed E-state index contributed by atoms with van der Waals surface area (Å²) in [6.07, 6.45) is -1.83. The van der Waals surface area contributed by atoms with E-state index in [1.54, 1.807) is 30.3 Å². The average Bonchev–Trinajstić information content (AvgIpc) is 2.47. The first-order valence-corrected chi connectivity index (χ1v) is 7.01. The fourth-order valence-electron chi connectivity index (χ4n) is 2.61. The lowest BCUT2D eigenvalue weighted by molar-refractivity contribution is -0.0285. The molecule has 3 unspecified atom stereocenters. The van der Waals surface area contributed by atoms with E-state index in [4.69, 9.17) is 16.3 Å². The van der Waals surface area contributed by atoms with Gasteiger partial charge in [-0.3, -0.25) is 0 Å². The molecule has 2 aromatic rings. The van der Waals surface area contributed by atoms with Crippen molar-refractivity contribution < 1.29 is 20.1 Å². The normalized spacial score (nSPS) is 22.2. The summed E-state index contributed by atoms with van der Waals surface area (Å²) < 4.78 is 5.59. The number of fused-ring (bicyclic) bond motifs is 1. The number of phenols is 1. The maximum atomic E-state index is 10.5. The standard InChI is InChI=1S/C16H15ClO4/c17-10-4-5-14-12(7-10)16(20)13(8-21-14)15(19)9-2-1-3-11(18)6-9/h1-7,13,15-16,18-20H,8H2. The first-order chi connectivity index (χ1) is 10.1. The van der Waals surface area contributed by atoms with Gasteiger partial charge in [0.05, 0.1) is 24.7 Å². The third-order valence-electron chi connectivity index (χ3n) is 3.74. The molecule has 0 aliphatic carbocycles. The van der Waals surface area contributed by atoms with E-state index in [1.807, 2.05) is 0 Å². The molecule has 21 heavy (non-hydrogen) atoms. The molecular formula is C16H15ClO4. The van der Waals surface area contributed by atoms with Gasteiger partial charge in [0.2, 0.25) is 0 Å². The van der Waals surface area contributed by atoms with E-state index in [1.165, 1.54) is 12.1 Å². The molecule has 1 aliphatic rings. The van der Waals surface area contributed by atoms with Crippen LogP contribution in [0.25, 0.3) is 0 Å². The Bertz CT molecular complexity index is 658. The molecular weight excluding hydrogens is 292 g/mol. The van der Waals surface area contributed by atoms with Gasteiger partial charge in [-0.1, -0.05) is 23.7 Å². The minimum Gasteiger partial charge on any atom is -0.508 e. The Hall–Kier alpha value is -1.75. The highest BCUT2D eigenvalue weighted by atomic mass is 35.5. The third kappa shape index (κ3) is 2.70. The van der Waals surface area contributed by atoms with Crippen molar-refractivity contribution in [3.8, 4) is 11.5 Å². The van der Waals surface area contributed by atoms with Gasteiger partial charge in [-0.05, 0) is 35.9 Å². The molecule has 0 radical (unpaired) electrons. The van der Waals surface area contributed by atoms with Crippen molar-refractivity contribution in [1.29, 1.82) is 0 Å². The van der Waals surface area contributed by atoms with Crippen LogP contribution in [0.2, 0.25) is 5.02 Å². The Labute approximate surface area is 127 Å². The fraction of sp³-hybridized carbons (Fsp3) is 0.250. The molecule has 0 saturated carbocycles. The quantitative estimate of drug-likeness (QED) is 0.798. The van der Waals surface area contributed by atoms with Crippen molar-refractivity contribution in [2.45, 2.75) is 12.2 Å². The number of aromatic hydroxyl groups is 1. The number of halogens is 1. The molecule has 4 nitrogen and oxygen atoms in total. The number of aliphatic hydroxyl groups is 2. The summed E-state index contributed by atoms with van der Waals surface area (Å²) in [7, 11) is 0. The summed E-state index contributed by atoms with van der Waals surface area (Å²) >= 11 is 5.94. The Morgan fingerprint density at radius 1 is 1.19 bits per heavy atom. The third-order valence-corrected chi connectivity index (χ3v) is 3.98. The molecule has 0 aromatic heterocycles. The minimum absolute atomic E-state index is 0.0706. The Balaban J connectivity index is 1.90. The van der Waals surface area contributed by atoms with Gasteiger partial charge in [0.25, 0.3) is 0 Å². The van der Waals surface area contributed by atoms with Crippen LogP contribution in [0.3, 0.4) is 0 Å². The molecule has 5 heteroatoms. The van der Waals surface area contributed by atoms with Crippen LogP contribution < -0.4 is 4.74 Å². The van der Waals surface area contributed by atoms with Crippen LogP contribution in [0, 0.1) is 5.92 Å². The lowest BCUT2D eigenvalue weighted by atomic mass is 9.86. The zero-order valence-corrected chi connectivity index (χ0v) is 11.9. The zero-order chi connectivity index (χ0) is 15.0. The lowest BCUT2D eigenvalue weighted by Gasteiger charge is -2.33. The van der Waals surface area contributed by atoms with Crippen LogP contribution >= 0.6 is 11.6 Å². The van der Waals surface area contributed by atoms with E-state index < -0.39 is 18.1 Å². The highest BCUT2D eigenvalue weighted by Crippen LogP contribution is 2.42. The number of ether oxygens (including phenoxy) is 1. The maximum Gasteiger partial charge on any atom is 0.125 e. The number of hydrogen-bond donors (Lipinski definition) is 3. The van der Waals surface area contributed by atoms with Crippen LogP contribution in [-0.4, -0.2) is 21.9 Å². The van der Waals surface area contributed by atoms with Crippen molar-refractivity contribution in [3.63, 3.8) is 0 Å². The van der Waals surface area contributed by atoms with Crippen LogP contribution in [0.15, 0.2) is 42.5 Å². The average molecular weight is 307 g/mol. The van der Waals surface area contributed by atoms with E-state index in [2.05, 4.69) is 0 Å². The highest BCUT2D eigenvalue weighted by Gasteiger charge is 2.35. The number of aliphatic hydroxyl groups excluding tert-OH is 2. The van der Waals surface area contributed by atoms with Gasteiger partial charge in [0.1, 0.15) is 11.5 Å². The second-order valence-electron chi connectivity index (χ2n) is 5.14. The lowest BCUT2D eigenvalue weighted by Crippen LogP contribution is -2.31. The van der Waals surface area contributed by atoms with E-state index in [0.717, 1.165) is 0 Å². The van der Waals surface area contributed by atoms with E-state index in [-0.39, 0.29) is 12.4 Å². The molecule has 0 bridgehead atoms. The van der Waals surface area contributed by atoms with Crippen molar-refractivity contribution in [1.82, 2.24) is 0 Å². The molecule has 0 saturated heterocycles. The molecule has 1 heterocycles. The summed E-state index contributed by atoms with van der Waals surface area (Å²) in [5, 5.41) is 30.9. The van der Waals surface area contributed by atoms with Crippen molar-refractivity contribution in [2.24, 2.45) is 5.92 Å². The van der Waals surface area contributed by atoms with Gasteiger partial charge in [0.15, 0.2) is 0 Å². The number of phenolic OH excluding ortho intramolecular Hbond substituents is 1. The van der Waals surface area contributed by atoms with Gasteiger partial charge >= 0.3 is 0 Å². The highest BCUT2D eigenvalue weighted by molar-refractivity contribution is 6.30. The second kappa shape index (κ2) is 5.56. The summed E-state index contributed by atoms with van der Waals surface area (Å²) in [4.78, 5) is 0. The van der Waals surface area contributed by atoms with Gasteiger partial charge in [0, 0.05) is 10.6 Å². The number of benzene rings is 2. The van der Waals surface area contributed by atoms with Gasteiger partial charge in [-0.2, -0.15) is 0 Å². The predicted molar refractivity (Wildman–Crippen MR) is 78.5 cm³/mol. The topological polar surface area (TPSA) is 69.9 Å². The monoisotopic (exact) mass is 306 g/mol. The van der Waals surface area contributed by atoms with Gasteiger partial charge < -0.3 is 20.1 Å². The van der Waals surface area contributed by atoms with Crippen molar-refractivity contribution >= 4 is 11.6 Å². The second-order valence-corrected chi connectivity index (χ2v) is 5.58. The minimum atomic E-state index is -0.945. The smallest absolute Gasteiger partial charge is 0.125 e. The molecule has 110 valence electrons. The first kappa shape index (κ1) is 14.2. The van der Waals surface area contributed by atoms with Crippen LogP contribution in [0.1, 0.15) is 23.3 Å². The molecule has 0 fully saturated rings. The van der Waals surface area contributed by atoms with Gasteiger partial charge in [-0.15, -0.1) is 0 Å². The molecule has 3 N–H and O–H groups in total. The summed E-state index contributed by atoms with van der Waals surface area (Å²) in [5.74, 6) is 0.116. The molecule has 0 spiro atoms. The fourth-order valence-corrected chi connectivity index (χ4v) is 2.79. The largest absolute Gasteiger partial charge is 0.508 e. The Morgan fingerprint density at radius 2 is 2.00 bits per heavy atom. The van der Waals surface area contributed by atoms with E-state index in [0.29, 0.717) is 21.9 Å². The Morgan fingerprint density at radius 3 is 2.76 bits per heavy atom. The van der Waals surface area contributed by atoms with Crippen LogP contribution in [0.4, 0.5) is 0 Å². The first-order valence-electron chi connectivity index (χ1n) is 6.63. The van der Waals surface area contributed by atoms with Crippen molar-refractivity contribution in [2.75, 3.05) is 6.61 Å². The Kier molecular flexibility index (Phi) is 3.76. The van der Waals surface area contributed by atoms with E-state index in [9.17, 15) is 15.3 Å². The molecule has 1 aliphatic heterocycles. The maximum absolute atomic E-state index is 10.5. The molecule has 0 amide bonds. The predicted octanol–water partition coefficient (Wildman–Crippen LogP) is 2.82. The summed E-state index contributed by atoms with van der Waals surface area (Å²) in [6.45, 7) is 0.187. The van der Waals surface area contributed by atoms with Crippen molar-refractivity contribution in [3.05, 3.63) is 58.6 Å². The van der Waals surface area contributed by atoms with Crippen LogP contribution in [-0.2, 0) is 0 Å². The molecule has 3 rings (SSSR count). The summed E-state index contributed by atoms with van der Waals surface area (Å²) in [6, 6.07) is 11.4. The molecule has 3 atom stereocenters.